The molecule has 21 heavy (non-hydrogen) atoms. The smallest absolute Gasteiger partial charge is 0.508 e. The van der Waals surface area contributed by atoms with Crippen molar-refractivity contribution in [1.82, 2.24) is 9.78 Å². The van der Waals surface area contributed by atoms with Crippen LogP contribution in [0.5, 0.6) is 11.5 Å². The summed E-state index contributed by atoms with van der Waals surface area (Å²) in [6.07, 6.45) is 0.701. The Hall–Kier alpha value is -2.18. The Morgan fingerprint density at radius 2 is 2.10 bits per heavy atom. The summed E-state index contributed by atoms with van der Waals surface area (Å²) in [5.41, 5.74) is 0.766. The summed E-state index contributed by atoms with van der Waals surface area (Å²) in [6, 6.07) is 3.65. The highest BCUT2D eigenvalue weighted by atomic mass is 19.4. The van der Waals surface area contributed by atoms with E-state index in [0.29, 0.717) is 11.5 Å². The van der Waals surface area contributed by atoms with Crippen molar-refractivity contribution in [3.8, 4) is 22.6 Å². The Morgan fingerprint density at radius 1 is 1.33 bits per heavy atom. The number of hydrogen-bond acceptors (Lipinski definition) is 3. The molecular weight excluding hydrogens is 285 g/mol. The van der Waals surface area contributed by atoms with E-state index in [1.807, 2.05) is 0 Å². The largest absolute Gasteiger partial charge is 0.573 e. The second kappa shape index (κ2) is 4.98. The number of ether oxygens (including phenoxy) is 1. The molecule has 4 nitrogen and oxygen atoms in total. The molecule has 2 aromatic rings. The van der Waals surface area contributed by atoms with Gasteiger partial charge in [-0.05, 0) is 30.9 Å². The van der Waals surface area contributed by atoms with Crippen molar-refractivity contribution in [2.75, 3.05) is 0 Å². The fourth-order valence-corrected chi connectivity index (χ4v) is 2.13. The van der Waals surface area contributed by atoms with Gasteiger partial charge in [0, 0.05) is 29.9 Å². The first-order valence-corrected chi connectivity index (χ1v) is 6.52. The molecule has 1 heterocycles. The van der Waals surface area contributed by atoms with Gasteiger partial charge in [0.25, 0.3) is 0 Å². The molecule has 1 aliphatic rings. The highest BCUT2D eigenvalue weighted by Crippen LogP contribution is 2.37. The minimum atomic E-state index is -4.81. The molecule has 0 bridgehead atoms. The van der Waals surface area contributed by atoms with E-state index in [-0.39, 0.29) is 11.3 Å². The summed E-state index contributed by atoms with van der Waals surface area (Å²) in [5, 5.41) is 13.5. The Morgan fingerprint density at radius 3 is 2.76 bits per heavy atom. The molecule has 1 aromatic carbocycles. The second-order valence-electron chi connectivity index (χ2n) is 5.12. The number of aromatic nitrogens is 2. The Kier molecular flexibility index (Phi) is 3.27. The predicted octanol–water partition coefficient (Wildman–Crippen LogP) is 3.56. The molecule has 0 atom stereocenters. The zero-order valence-corrected chi connectivity index (χ0v) is 11.0. The Balaban J connectivity index is 1.90. The maximum absolute atomic E-state index is 12.4. The van der Waals surface area contributed by atoms with Crippen LogP contribution >= 0.6 is 0 Å². The number of benzene rings is 1. The highest BCUT2D eigenvalue weighted by Gasteiger charge is 2.32. The molecule has 1 aliphatic carbocycles. The minimum absolute atomic E-state index is 0.243. The van der Waals surface area contributed by atoms with Gasteiger partial charge in [0.2, 0.25) is 0 Å². The van der Waals surface area contributed by atoms with Crippen LogP contribution in [0, 0.1) is 5.92 Å². The van der Waals surface area contributed by atoms with E-state index in [0.717, 1.165) is 25.5 Å². The third-order valence-electron chi connectivity index (χ3n) is 3.28. The van der Waals surface area contributed by atoms with E-state index in [9.17, 15) is 18.3 Å². The van der Waals surface area contributed by atoms with Gasteiger partial charge < -0.3 is 9.84 Å². The number of rotatable bonds is 4. The molecule has 0 saturated heterocycles. The summed E-state index contributed by atoms with van der Waals surface area (Å²) < 4.78 is 43.0. The van der Waals surface area contributed by atoms with E-state index >= 15 is 0 Å². The van der Waals surface area contributed by atoms with Gasteiger partial charge in [-0.2, -0.15) is 5.10 Å². The molecule has 0 aliphatic heterocycles. The van der Waals surface area contributed by atoms with Crippen LogP contribution < -0.4 is 4.74 Å². The Labute approximate surface area is 118 Å². The van der Waals surface area contributed by atoms with Crippen LogP contribution in [0.3, 0.4) is 0 Å². The van der Waals surface area contributed by atoms with Gasteiger partial charge in [0.15, 0.2) is 0 Å². The lowest BCUT2D eigenvalue weighted by Gasteiger charge is -2.12. The average Bonchev–Trinajstić information content (AvgIpc) is 3.05. The first-order chi connectivity index (χ1) is 9.90. The molecule has 1 aromatic heterocycles. The van der Waals surface area contributed by atoms with Crippen molar-refractivity contribution in [2.45, 2.75) is 25.7 Å². The number of hydrogen-bond donors (Lipinski definition) is 1. The normalized spacial score (nSPS) is 15.2. The molecule has 3 rings (SSSR count). The van der Waals surface area contributed by atoms with Gasteiger partial charge in [-0.25, -0.2) is 0 Å². The molecule has 0 amide bonds. The van der Waals surface area contributed by atoms with E-state index in [1.54, 1.807) is 10.9 Å². The molecule has 1 fully saturated rings. The van der Waals surface area contributed by atoms with E-state index in [2.05, 4.69) is 9.84 Å². The zero-order chi connectivity index (χ0) is 15.0. The monoisotopic (exact) mass is 298 g/mol. The summed E-state index contributed by atoms with van der Waals surface area (Å²) in [7, 11) is 0. The van der Waals surface area contributed by atoms with Crippen LogP contribution in [0.4, 0.5) is 13.2 Å². The lowest BCUT2D eigenvalue weighted by atomic mass is 10.1. The molecule has 7 heteroatoms. The maximum Gasteiger partial charge on any atom is 0.573 e. The van der Waals surface area contributed by atoms with Crippen LogP contribution in [-0.2, 0) is 6.54 Å². The van der Waals surface area contributed by atoms with E-state index < -0.39 is 12.1 Å². The second-order valence-corrected chi connectivity index (χ2v) is 5.12. The van der Waals surface area contributed by atoms with Crippen molar-refractivity contribution < 1.29 is 23.0 Å². The Bertz CT molecular complexity index is 648. The standard InChI is InChI=1S/C14H13F3N2O2/c15-14(16,17)21-13-5-11(20)3-4-12(13)10-6-18-19(8-10)7-9-1-2-9/h3-6,8-9,20H,1-2,7H2. The number of phenolic OH excluding ortho intramolecular Hbond substituents is 1. The van der Waals surface area contributed by atoms with Crippen LogP contribution in [0.1, 0.15) is 12.8 Å². The van der Waals surface area contributed by atoms with Crippen molar-refractivity contribution in [2.24, 2.45) is 5.92 Å². The summed E-state index contributed by atoms with van der Waals surface area (Å²) in [6.45, 7) is 0.771. The number of alkyl halides is 3. The van der Waals surface area contributed by atoms with Gasteiger partial charge in [-0.15, -0.1) is 13.2 Å². The molecule has 0 spiro atoms. The van der Waals surface area contributed by atoms with Gasteiger partial charge >= 0.3 is 6.36 Å². The number of nitrogens with zero attached hydrogens (tertiary/aromatic N) is 2. The molecule has 112 valence electrons. The third kappa shape index (κ3) is 3.48. The number of aromatic hydroxyl groups is 1. The van der Waals surface area contributed by atoms with Crippen LogP contribution in [0.15, 0.2) is 30.6 Å². The van der Waals surface area contributed by atoms with Crippen molar-refractivity contribution in [3.63, 3.8) is 0 Å². The van der Waals surface area contributed by atoms with Gasteiger partial charge in [-0.1, -0.05) is 0 Å². The van der Waals surface area contributed by atoms with Gasteiger partial charge in [0.05, 0.1) is 6.20 Å². The number of halogens is 3. The number of phenols is 1. The summed E-state index contributed by atoms with van der Waals surface area (Å²) in [5.74, 6) is -0.111. The maximum atomic E-state index is 12.4. The van der Waals surface area contributed by atoms with Crippen molar-refractivity contribution in [1.29, 1.82) is 0 Å². The van der Waals surface area contributed by atoms with Crippen LogP contribution in [0.25, 0.3) is 11.1 Å². The lowest BCUT2D eigenvalue weighted by Crippen LogP contribution is -2.17. The predicted molar refractivity (Wildman–Crippen MR) is 68.7 cm³/mol. The highest BCUT2D eigenvalue weighted by molar-refractivity contribution is 5.70. The lowest BCUT2D eigenvalue weighted by molar-refractivity contribution is -0.274. The third-order valence-corrected chi connectivity index (χ3v) is 3.28. The van der Waals surface area contributed by atoms with Crippen molar-refractivity contribution >= 4 is 0 Å². The fraction of sp³-hybridized carbons (Fsp3) is 0.357. The van der Waals surface area contributed by atoms with Gasteiger partial charge in [0.1, 0.15) is 11.5 Å². The van der Waals surface area contributed by atoms with Crippen molar-refractivity contribution in [3.05, 3.63) is 30.6 Å². The first kappa shape index (κ1) is 13.8. The van der Waals surface area contributed by atoms with Crippen LogP contribution in [-0.4, -0.2) is 21.2 Å². The van der Waals surface area contributed by atoms with Gasteiger partial charge in [-0.3, -0.25) is 4.68 Å². The summed E-state index contributed by atoms with van der Waals surface area (Å²) >= 11 is 0. The molecule has 0 unspecified atom stereocenters. The van der Waals surface area contributed by atoms with E-state index in [4.69, 9.17) is 0 Å². The first-order valence-electron chi connectivity index (χ1n) is 6.52. The zero-order valence-electron chi connectivity index (χ0n) is 11.0. The molecule has 0 radical (unpaired) electrons. The molecule has 1 N–H and O–H groups in total. The average molecular weight is 298 g/mol. The van der Waals surface area contributed by atoms with Crippen LogP contribution in [0.2, 0.25) is 0 Å². The SMILES string of the molecule is Oc1ccc(-c2cnn(CC3CC3)c2)c(OC(F)(F)F)c1. The topological polar surface area (TPSA) is 47.3 Å². The molecule has 1 saturated carbocycles. The van der Waals surface area contributed by atoms with E-state index in [1.165, 1.54) is 18.3 Å². The minimum Gasteiger partial charge on any atom is -0.508 e. The summed E-state index contributed by atoms with van der Waals surface area (Å²) in [4.78, 5) is 0. The fourth-order valence-electron chi connectivity index (χ4n) is 2.13. The molecular formula is C14H13F3N2O2. The quantitative estimate of drug-likeness (QED) is 0.938.